The zero-order chi connectivity index (χ0) is 22.8. The number of rotatable bonds is 5. The minimum Gasteiger partial charge on any atom is -0.366 e. The van der Waals surface area contributed by atoms with Gasteiger partial charge in [0.1, 0.15) is 0 Å². The monoisotopic (exact) mass is 443 g/mol. The maximum atomic E-state index is 13.6. The van der Waals surface area contributed by atoms with Gasteiger partial charge < -0.3 is 16.4 Å². The summed E-state index contributed by atoms with van der Waals surface area (Å²) in [6.45, 7) is 1.25. The van der Waals surface area contributed by atoms with Gasteiger partial charge in [-0.25, -0.2) is 19.4 Å². The van der Waals surface area contributed by atoms with Crippen LogP contribution in [0.5, 0.6) is 0 Å². The van der Waals surface area contributed by atoms with Crippen molar-refractivity contribution in [3.63, 3.8) is 0 Å². The standard InChI is InChI=1S/C20H22FN7O4/c21-14-10-25-20(26-16(14)18(23)30)27-4-1-11(2-5-27)19(31)28-15(3-6-32-28)12-7-13(17(22)29)9-24-8-12/h7-11,15H,1-6H2,(H2,22,29)(H2,23,30)/t15-/m0/s1. The molecule has 4 rings (SSSR count). The van der Waals surface area contributed by atoms with Gasteiger partial charge in [0, 0.05) is 37.8 Å². The van der Waals surface area contributed by atoms with Crippen LogP contribution in [0.1, 0.15) is 51.7 Å². The lowest BCUT2D eigenvalue weighted by Crippen LogP contribution is -2.42. The highest BCUT2D eigenvalue weighted by molar-refractivity contribution is 5.92. The van der Waals surface area contributed by atoms with E-state index in [0.717, 1.165) is 6.20 Å². The molecule has 0 saturated carbocycles. The first kappa shape index (κ1) is 21.6. The molecule has 1 atom stereocenters. The van der Waals surface area contributed by atoms with Crippen molar-refractivity contribution < 1.29 is 23.6 Å². The summed E-state index contributed by atoms with van der Waals surface area (Å²) in [5.74, 6) is -2.70. The number of hydroxylamine groups is 2. The summed E-state index contributed by atoms with van der Waals surface area (Å²) in [4.78, 5) is 55.2. The Morgan fingerprint density at radius 2 is 1.81 bits per heavy atom. The topological polar surface area (TPSA) is 158 Å². The molecule has 2 aliphatic heterocycles. The number of aromatic nitrogens is 3. The number of amides is 3. The van der Waals surface area contributed by atoms with Gasteiger partial charge in [-0.3, -0.25) is 24.2 Å². The van der Waals surface area contributed by atoms with Crippen LogP contribution >= 0.6 is 0 Å². The summed E-state index contributed by atoms with van der Waals surface area (Å²) in [6.07, 6.45) is 5.46. The van der Waals surface area contributed by atoms with Crippen LogP contribution in [0.2, 0.25) is 0 Å². The summed E-state index contributed by atoms with van der Waals surface area (Å²) in [5, 5.41) is 1.36. The molecule has 2 saturated heterocycles. The molecular formula is C20H22FN7O4. The Kier molecular flexibility index (Phi) is 5.95. The molecule has 2 fully saturated rings. The van der Waals surface area contributed by atoms with E-state index in [4.69, 9.17) is 16.3 Å². The highest BCUT2D eigenvalue weighted by atomic mass is 19.1. The average Bonchev–Trinajstić information content (AvgIpc) is 3.29. The molecule has 0 radical (unpaired) electrons. The maximum Gasteiger partial charge on any atom is 0.270 e. The van der Waals surface area contributed by atoms with Crippen molar-refractivity contribution in [2.45, 2.75) is 25.3 Å². The molecule has 2 aromatic rings. The van der Waals surface area contributed by atoms with Gasteiger partial charge in [-0.05, 0) is 24.5 Å². The lowest BCUT2D eigenvalue weighted by Gasteiger charge is -2.34. The summed E-state index contributed by atoms with van der Waals surface area (Å²) in [5.41, 5.74) is 11.0. The zero-order valence-electron chi connectivity index (χ0n) is 17.1. The lowest BCUT2D eigenvalue weighted by molar-refractivity contribution is -0.182. The van der Waals surface area contributed by atoms with E-state index in [9.17, 15) is 18.8 Å². The number of pyridine rings is 1. The van der Waals surface area contributed by atoms with E-state index in [2.05, 4.69) is 15.0 Å². The fourth-order valence-corrected chi connectivity index (χ4v) is 3.95. The summed E-state index contributed by atoms with van der Waals surface area (Å²) < 4.78 is 13.6. The van der Waals surface area contributed by atoms with Crippen molar-refractivity contribution in [1.29, 1.82) is 0 Å². The quantitative estimate of drug-likeness (QED) is 0.669. The Morgan fingerprint density at radius 1 is 1.06 bits per heavy atom. The molecular weight excluding hydrogens is 421 g/mol. The zero-order valence-corrected chi connectivity index (χ0v) is 17.1. The molecule has 4 N–H and O–H groups in total. The molecule has 11 nitrogen and oxygen atoms in total. The van der Waals surface area contributed by atoms with Crippen molar-refractivity contribution in [1.82, 2.24) is 20.0 Å². The Morgan fingerprint density at radius 3 is 2.50 bits per heavy atom. The molecule has 2 aromatic heterocycles. The van der Waals surface area contributed by atoms with E-state index >= 15 is 0 Å². The van der Waals surface area contributed by atoms with Gasteiger partial charge in [-0.1, -0.05) is 0 Å². The number of carbonyl (C=O) groups is 3. The molecule has 0 aliphatic carbocycles. The van der Waals surface area contributed by atoms with Crippen LogP contribution in [-0.4, -0.2) is 57.4 Å². The van der Waals surface area contributed by atoms with Gasteiger partial charge in [-0.15, -0.1) is 0 Å². The summed E-state index contributed by atoms with van der Waals surface area (Å²) in [6, 6.07) is 1.27. The first-order valence-electron chi connectivity index (χ1n) is 10.1. The van der Waals surface area contributed by atoms with Gasteiger partial charge in [0.05, 0.1) is 24.4 Å². The van der Waals surface area contributed by atoms with Gasteiger partial charge in [-0.2, -0.15) is 0 Å². The number of anilines is 1. The lowest BCUT2D eigenvalue weighted by atomic mass is 9.94. The van der Waals surface area contributed by atoms with Gasteiger partial charge >= 0.3 is 0 Å². The Hall–Kier alpha value is -3.67. The van der Waals surface area contributed by atoms with Gasteiger partial charge in [0.25, 0.3) is 5.91 Å². The van der Waals surface area contributed by atoms with Crippen LogP contribution in [0.3, 0.4) is 0 Å². The van der Waals surface area contributed by atoms with E-state index < -0.39 is 23.3 Å². The first-order chi connectivity index (χ1) is 15.3. The van der Waals surface area contributed by atoms with Crippen molar-refractivity contribution in [2.75, 3.05) is 24.6 Å². The SMILES string of the molecule is NC(=O)c1cncc([C@@H]2CCON2C(=O)C2CCN(c3ncc(F)c(C(N)=O)n3)CC2)c1. The molecule has 0 unspecified atom stereocenters. The molecule has 0 bridgehead atoms. The van der Waals surface area contributed by atoms with Gasteiger partial charge in [0.2, 0.25) is 17.8 Å². The number of halogens is 1. The predicted molar refractivity (Wildman–Crippen MR) is 108 cm³/mol. The third-order valence-corrected chi connectivity index (χ3v) is 5.64. The second-order valence-corrected chi connectivity index (χ2v) is 7.67. The Balaban J connectivity index is 1.43. The Labute approximate surface area is 182 Å². The van der Waals surface area contributed by atoms with Crippen LogP contribution in [0.15, 0.2) is 24.7 Å². The number of hydrogen-bond acceptors (Lipinski definition) is 8. The number of primary amides is 2. The second kappa shape index (κ2) is 8.83. The smallest absolute Gasteiger partial charge is 0.270 e. The number of carbonyl (C=O) groups excluding carboxylic acids is 3. The molecule has 0 aromatic carbocycles. The van der Waals surface area contributed by atoms with Crippen molar-refractivity contribution in [2.24, 2.45) is 17.4 Å². The largest absolute Gasteiger partial charge is 0.366 e. The fourth-order valence-electron chi connectivity index (χ4n) is 3.95. The normalized spacial score (nSPS) is 19.2. The van der Waals surface area contributed by atoms with E-state index in [1.807, 2.05) is 0 Å². The number of nitrogens with zero attached hydrogens (tertiary/aromatic N) is 5. The molecule has 168 valence electrons. The fraction of sp³-hybridized carbons (Fsp3) is 0.400. The highest BCUT2D eigenvalue weighted by Gasteiger charge is 2.37. The third-order valence-electron chi connectivity index (χ3n) is 5.64. The minimum absolute atomic E-state index is 0.158. The van der Waals surface area contributed by atoms with Crippen LogP contribution in [0, 0.1) is 11.7 Å². The number of nitrogens with two attached hydrogens (primary N) is 2. The van der Waals surface area contributed by atoms with Crippen molar-refractivity contribution in [3.8, 4) is 0 Å². The maximum absolute atomic E-state index is 13.6. The van der Waals surface area contributed by atoms with Crippen molar-refractivity contribution in [3.05, 3.63) is 47.3 Å². The number of piperidine rings is 1. The first-order valence-corrected chi connectivity index (χ1v) is 10.1. The van der Waals surface area contributed by atoms with Crippen LogP contribution < -0.4 is 16.4 Å². The highest BCUT2D eigenvalue weighted by Crippen LogP contribution is 2.33. The predicted octanol–water partition coefficient (Wildman–Crippen LogP) is 0.330. The number of hydrogen-bond donors (Lipinski definition) is 2. The summed E-state index contributed by atoms with van der Waals surface area (Å²) >= 11 is 0. The molecule has 2 aliphatic rings. The van der Waals surface area contributed by atoms with E-state index in [0.29, 0.717) is 44.5 Å². The molecule has 3 amide bonds. The molecule has 0 spiro atoms. The van der Waals surface area contributed by atoms with Crippen LogP contribution in [0.25, 0.3) is 0 Å². The molecule has 4 heterocycles. The molecule has 12 heteroatoms. The molecule has 32 heavy (non-hydrogen) atoms. The van der Waals surface area contributed by atoms with Crippen LogP contribution in [0.4, 0.5) is 10.3 Å². The average molecular weight is 443 g/mol. The van der Waals surface area contributed by atoms with Crippen LogP contribution in [-0.2, 0) is 9.63 Å². The van der Waals surface area contributed by atoms with Crippen molar-refractivity contribution >= 4 is 23.7 Å². The van der Waals surface area contributed by atoms with E-state index in [1.165, 1.54) is 11.3 Å². The van der Waals surface area contributed by atoms with E-state index in [1.54, 1.807) is 17.2 Å². The minimum atomic E-state index is -0.969. The second-order valence-electron chi connectivity index (χ2n) is 7.67. The van der Waals surface area contributed by atoms with Gasteiger partial charge in [0.15, 0.2) is 11.5 Å². The Bertz CT molecular complexity index is 1060. The third kappa shape index (κ3) is 4.21. The van der Waals surface area contributed by atoms with E-state index in [-0.39, 0.29) is 29.4 Å². The summed E-state index contributed by atoms with van der Waals surface area (Å²) in [7, 11) is 0.